The molecule has 0 bridgehead atoms. The molecular weight excluding hydrogens is 357 g/mol. The van der Waals surface area contributed by atoms with Gasteiger partial charge in [0.25, 0.3) is 0 Å². The summed E-state index contributed by atoms with van der Waals surface area (Å²) < 4.78 is 16.8. The van der Waals surface area contributed by atoms with Crippen LogP contribution in [0.25, 0.3) is 5.52 Å². The van der Waals surface area contributed by atoms with Gasteiger partial charge in [0.1, 0.15) is 5.82 Å². The fourth-order valence-corrected chi connectivity index (χ4v) is 2.90. The number of hydrogen-bond acceptors (Lipinski definition) is 2. The Kier molecular flexibility index (Phi) is 3.97. The lowest BCUT2D eigenvalue weighted by atomic mass is 9.99. The van der Waals surface area contributed by atoms with E-state index in [2.05, 4.69) is 26.3 Å². The normalized spacial score (nSPS) is 12.8. The summed E-state index contributed by atoms with van der Waals surface area (Å²) in [5, 5.41) is 7.52. The lowest BCUT2D eigenvalue weighted by Gasteiger charge is -2.17. The number of fused-ring (bicyclic) bond motifs is 1. The lowest BCUT2D eigenvalue weighted by molar-refractivity contribution is 0.577. The smallest absolute Gasteiger partial charge is 0.148 e. The number of pyridine rings is 1. The predicted molar refractivity (Wildman–Crippen MR) is 85.2 cm³/mol. The van der Waals surface area contributed by atoms with Gasteiger partial charge in [0.05, 0.1) is 22.8 Å². The molecule has 2 aromatic heterocycles. The predicted octanol–water partition coefficient (Wildman–Crippen LogP) is 4.20. The molecule has 21 heavy (non-hydrogen) atoms. The highest BCUT2D eigenvalue weighted by Gasteiger charge is 2.22. The number of halogens is 3. The molecule has 0 aliphatic rings. The summed E-state index contributed by atoms with van der Waals surface area (Å²) in [4.78, 5) is 0. The third-order valence-electron chi connectivity index (χ3n) is 3.43. The summed E-state index contributed by atoms with van der Waals surface area (Å²) in [7, 11) is 1.78. The Bertz CT molecular complexity index is 803. The number of nitrogens with zero attached hydrogens (tertiary/aromatic N) is 2. The Labute approximate surface area is 134 Å². The van der Waals surface area contributed by atoms with Gasteiger partial charge in [-0.1, -0.05) is 23.7 Å². The SMILES string of the molecule is CNC(c1ccc(Br)c(Cl)c1F)c1cnn2ccccc12. The number of rotatable bonds is 3. The van der Waals surface area contributed by atoms with Crippen LogP contribution in [0.3, 0.4) is 0 Å². The maximum absolute atomic E-state index is 14.5. The van der Waals surface area contributed by atoms with Crippen LogP contribution in [-0.4, -0.2) is 16.7 Å². The molecule has 0 saturated heterocycles. The van der Waals surface area contributed by atoms with Crippen molar-refractivity contribution < 1.29 is 4.39 Å². The third kappa shape index (κ3) is 2.46. The van der Waals surface area contributed by atoms with Crippen LogP contribution in [0.2, 0.25) is 5.02 Å². The zero-order chi connectivity index (χ0) is 15.0. The van der Waals surface area contributed by atoms with E-state index in [9.17, 15) is 4.39 Å². The molecule has 1 N–H and O–H groups in total. The van der Waals surface area contributed by atoms with Gasteiger partial charge in [-0.05, 0) is 41.2 Å². The van der Waals surface area contributed by atoms with E-state index in [1.54, 1.807) is 29.9 Å². The minimum atomic E-state index is -0.430. The van der Waals surface area contributed by atoms with E-state index in [4.69, 9.17) is 11.6 Å². The van der Waals surface area contributed by atoms with Crippen molar-refractivity contribution in [2.75, 3.05) is 7.05 Å². The van der Waals surface area contributed by atoms with Crippen molar-refractivity contribution in [2.45, 2.75) is 6.04 Å². The van der Waals surface area contributed by atoms with Crippen molar-refractivity contribution in [3.05, 3.63) is 69.2 Å². The molecule has 6 heteroatoms. The number of nitrogens with one attached hydrogen (secondary N) is 1. The highest BCUT2D eigenvalue weighted by atomic mass is 79.9. The molecule has 2 heterocycles. The highest BCUT2D eigenvalue weighted by Crippen LogP contribution is 2.33. The van der Waals surface area contributed by atoms with E-state index < -0.39 is 5.82 Å². The van der Waals surface area contributed by atoms with Crippen LogP contribution in [0.4, 0.5) is 4.39 Å². The molecule has 0 spiro atoms. The molecule has 1 aromatic carbocycles. The summed E-state index contributed by atoms with van der Waals surface area (Å²) in [6, 6.07) is 8.92. The minimum Gasteiger partial charge on any atom is -0.309 e. The molecule has 1 unspecified atom stereocenters. The molecule has 0 saturated carbocycles. The van der Waals surface area contributed by atoms with Crippen LogP contribution >= 0.6 is 27.5 Å². The number of aromatic nitrogens is 2. The monoisotopic (exact) mass is 367 g/mol. The first-order valence-electron chi connectivity index (χ1n) is 6.36. The number of benzene rings is 1. The van der Waals surface area contributed by atoms with Crippen LogP contribution in [-0.2, 0) is 0 Å². The average Bonchev–Trinajstić information content (AvgIpc) is 2.92. The molecule has 0 fully saturated rings. The average molecular weight is 369 g/mol. The quantitative estimate of drug-likeness (QED) is 0.702. The Morgan fingerprint density at radius 2 is 2.10 bits per heavy atom. The molecule has 0 radical (unpaired) electrons. The summed E-state index contributed by atoms with van der Waals surface area (Å²) in [5.74, 6) is -0.430. The van der Waals surface area contributed by atoms with E-state index in [1.165, 1.54) is 0 Å². The molecule has 0 aliphatic heterocycles. The van der Waals surface area contributed by atoms with Gasteiger partial charge in [-0.15, -0.1) is 0 Å². The maximum atomic E-state index is 14.5. The second-order valence-corrected chi connectivity index (χ2v) is 5.85. The molecule has 108 valence electrons. The fourth-order valence-electron chi connectivity index (χ4n) is 2.42. The maximum Gasteiger partial charge on any atom is 0.148 e. The van der Waals surface area contributed by atoms with Gasteiger partial charge in [0.2, 0.25) is 0 Å². The second-order valence-electron chi connectivity index (χ2n) is 4.62. The minimum absolute atomic E-state index is 0.0872. The van der Waals surface area contributed by atoms with Gasteiger partial charge < -0.3 is 5.32 Å². The van der Waals surface area contributed by atoms with Crippen molar-refractivity contribution in [3.8, 4) is 0 Å². The largest absolute Gasteiger partial charge is 0.309 e. The van der Waals surface area contributed by atoms with Crippen LogP contribution in [0, 0.1) is 5.82 Å². The molecule has 0 aliphatic carbocycles. The second kappa shape index (κ2) is 5.75. The first-order chi connectivity index (χ1) is 10.1. The Balaban J connectivity index is 2.17. The van der Waals surface area contributed by atoms with Gasteiger partial charge >= 0.3 is 0 Å². The first-order valence-corrected chi connectivity index (χ1v) is 7.53. The Morgan fingerprint density at radius 1 is 1.29 bits per heavy atom. The van der Waals surface area contributed by atoms with Crippen molar-refractivity contribution in [1.29, 1.82) is 0 Å². The highest BCUT2D eigenvalue weighted by molar-refractivity contribution is 9.10. The topological polar surface area (TPSA) is 29.3 Å². The van der Waals surface area contributed by atoms with Crippen LogP contribution < -0.4 is 5.32 Å². The van der Waals surface area contributed by atoms with Crippen molar-refractivity contribution in [1.82, 2.24) is 14.9 Å². The van der Waals surface area contributed by atoms with Gasteiger partial charge in [-0.2, -0.15) is 5.10 Å². The zero-order valence-corrected chi connectivity index (χ0v) is 13.5. The van der Waals surface area contributed by atoms with E-state index >= 15 is 0 Å². The molecule has 3 aromatic rings. The molecule has 1 atom stereocenters. The summed E-state index contributed by atoms with van der Waals surface area (Å²) >= 11 is 9.22. The molecular formula is C15H12BrClFN3. The van der Waals surface area contributed by atoms with E-state index in [0.717, 1.165) is 11.1 Å². The Hall–Kier alpha value is -1.43. The Morgan fingerprint density at radius 3 is 2.86 bits per heavy atom. The fraction of sp³-hybridized carbons (Fsp3) is 0.133. The van der Waals surface area contributed by atoms with Gasteiger partial charge in [-0.25, -0.2) is 8.91 Å². The molecule has 3 rings (SSSR count). The van der Waals surface area contributed by atoms with Crippen molar-refractivity contribution in [3.63, 3.8) is 0 Å². The van der Waals surface area contributed by atoms with E-state index in [1.807, 2.05) is 24.4 Å². The molecule has 0 amide bonds. The summed E-state index contributed by atoms with van der Waals surface area (Å²) in [6.07, 6.45) is 3.60. The molecule has 3 nitrogen and oxygen atoms in total. The summed E-state index contributed by atoms with van der Waals surface area (Å²) in [5.41, 5.74) is 2.31. The van der Waals surface area contributed by atoms with E-state index in [0.29, 0.717) is 10.0 Å². The standard InChI is InChI=1S/C15H12BrClFN3/c1-19-15(9-5-6-11(16)13(17)14(9)18)10-8-20-21-7-3-2-4-12(10)21/h2-8,15,19H,1H3. The van der Waals surface area contributed by atoms with E-state index in [-0.39, 0.29) is 11.1 Å². The van der Waals surface area contributed by atoms with Crippen LogP contribution in [0.1, 0.15) is 17.2 Å². The lowest BCUT2D eigenvalue weighted by Crippen LogP contribution is -2.19. The first kappa shape index (κ1) is 14.5. The van der Waals surface area contributed by atoms with Gasteiger partial charge in [0, 0.05) is 21.8 Å². The number of hydrogen-bond donors (Lipinski definition) is 1. The van der Waals surface area contributed by atoms with Gasteiger partial charge in [0.15, 0.2) is 0 Å². The van der Waals surface area contributed by atoms with Crippen LogP contribution in [0.5, 0.6) is 0 Å². The van der Waals surface area contributed by atoms with Crippen molar-refractivity contribution >= 4 is 33.0 Å². The zero-order valence-electron chi connectivity index (χ0n) is 11.1. The van der Waals surface area contributed by atoms with Gasteiger partial charge in [-0.3, -0.25) is 0 Å². The third-order valence-corrected chi connectivity index (χ3v) is 4.69. The van der Waals surface area contributed by atoms with Crippen molar-refractivity contribution in [2.24, 2.45) is 0 Å². The van der Waals surface area contributed by atoms with Crippen LogP contribution in [0.15, 0.2) is 47.2 Å². The summed E-state index contributed by atoms with van der Waals surface area (Å²) in [6.45, 7) is 0.